The largest absolute Gasteiger partial charge is 0.337 e. The maximum absolute atomic E-state index is 12.0. The Morgan fingerprint density at radius 3 is 2.73 bits per heavy atom. The van der Waals surface area contributed by atoms with Crippen molar-refractivity contribution < 1.29 is 4.79 Å². The molecule has 2 rings (SSSR count). The van der Waals surface area contributed by atoms with E-state index in [1.54, 1.807) is 0 Å². The average molecular weight is 221 g/mol. The summed E-state index contributed by atoms with van der Waals surface area (Å²) in [4.78, 5) is 14.0. The zero-order valence-corrected chi connectivity index (χ0v) is 9.67. The zero-order valence-electron chi connectivity index (χ0n) is 8.85. The molecule has 0 aromatic heterocycles. The summed E-state index contributed by atoms with van der Waals surface area (Å²) in [5.41, 5.74) is 0.805. The smallest absolute Gasteiger partial charge is 0.253 e. The van der Waals surface area contributed by atoms with Crippen molar-refractivity contribution in [3.05, 3.63) is 35.9 Å². The topological polar surface area (TPSA) is 20.3 Å². The second-order valence-electron chi connectivity index (χ2n) is 3.76. The lowest BCUT2D eigenvalue weighted by molar-refractivity contribution is 0.0793. The highest BCUT2D eigenvalue weighted by molar-refractivity contribution is 7.99. The fourth-order valence-corrected chi connectivity index (χ4v) is 2.54. The molecule has 0 spiro atoms. The maximum Gasteiger partial charge on any atom is 0.253 e. The predicted octanol–water partition coefficient (Wildman–Crippen LogP) is 2.26. The van der Waals surface area contributed by atoms with Crippen LogP contribution in [0.15, 0.2) is 30.3 Å². The second kappa shape index (κ2) is 4.71. The zero-order chi connectivity index (χ0) is 10.7. The molecule has 1 fully saturated rings. The number of rotatable bonds is 2. The predicted molar refractivity (Wildman–Crippen MR) is 64.3 cm³/mol. The Bertz CT molecular complexity index is 339. The third kappa shape index (κ3) is 2.34. The third-order valence-electron chi connectivity index (χ3n) is 2.79. The quantitative estimate of drug-likeness (QED) is 0.763. The Morgan fingerprint density at radius 1 is 1.40 bits per heavy atom. The van der Waals surface area contributed by atoms with Gasteiger partial charge in [-0.3, -0.25) is 4.79 Å². The lowest BCUT2D eigenvalue weighted by atomic mass is 10.2. The van der Waals surface area contributed by atoms with Crippen molar-refractivity contribution in [1.82, 2.24) is 4.90 Å². The molecule has 0 unspecified atom stereocenters. The number of benzene rings is 1. The molecule has 0 saturated carbocycles. The number of hydrogen-bond acceptors (Lipinski definition) is 2. The van der Waals surface area contributed by atoms with Gasteiger partial charge in [-0.1, -0.05) is 18.2 Å². The van der Waals surface area contributed by atoms with E-state index in [2.05, 4.69) is 6.26 Å². The number of hydrogen-bond donors (Lipinski definition) is 0. The van der Waals surface area contributed by atoms with E-state index < -0.39 is 0 Å². The van der Waals surface area contributed by atoms with Crippen molar-refractivity contribution >= 4 is 17.7 Å². The van der Waals surface area contributed by atoms with E-state index in [1.165, 1.54) is 0 Å². The third-order valence-corrected chi connectivity index (χ3v) is 3.84. The molecule has 1 aliphatic heterocycles. The van der Waals surface area contributed by atoms with E-state index in [-0.39, 0.29) is 5.91 Å². The van der Waals surface area contributed by atoms with Crippen molar-refractivity contribution in [1.29, 1.82) is 0 Å². The Hall–Kier alpha value is -0.960. The first-order valence-electron chi connectivity index (χ1n) is 5.18. The monoisotopic (exact) mass is 221 g/mol. The van der Waals surface area contributed by atoms with E-state index in [4.69, 9.17) is 0 Å². The van der Waals surface area contributed by atoms with Gasteiger partial charge in [-0.05, 0) is 24.8 Å². The Labute approximate surface area is 94.7 Å². The van der Waals surface area contributed by atoms with Crippen LogP contribution in [0, 0.1) is 0 Å². The molecule has 1 amide bonds. The summed E-state index contributed by atoms with van der Waals surface area (Å²) < 4.78 is 0. The van der Waals surface area contributed by atoms with Crippen LogP contribution in [-0.4, -0.2) is 35.4 Å². The molecule has 15 heavy (non-hydrogen) atoms. The fourth-order valence-electron chi connectivity index (χ4n) is 1.87. The average Bonchev–Trinajstić information content (AvgIpc) is 2.78. The molecule has 0 bridgehead atoms. The van der Waals surface area contributed by atoms with Gasteiger partial charge in [0, 0.05) is 23.9 Å². The number of nitrogens with zero attached hydrogens (tertiary/aromatic N) is 1. The van der Waals surface area contributed by atoms with Crippen LogP contribution in [0.2, 0.25) is 0 Å². The van der Waals surface area contributed by atoms with Gasteiger partial charge < -0.3 is 4.90 Å². The van der Waals surface area contributed by atoms with Crippen molar-refractivity contribution in [2.24, 2.45) is 0 Å². The van der Waals surface area contributed by atoms with Crippen LogP contribution in [-0.2, 0) is 0 Å². The Kier molecular flexibility index (Phi) is 3.31. The molecule has 2 nitrogen and oxygen atoms in total. The molecular weight excluding hydrogens is 206 g/mol. The molecule has 0 radical (unpaired) electrons. The van der Waals surface area contributed by atoms with Crippen LogP contribution in [0.25, 0.3) is 0 Å². The Balaban J connectivity index is 2.04. The van der Waals surface area contributed by atoms with Crippen LogP contribution in [0.3, 0.4) is 0 Å². The molecule has 80 valence electrons. The van der Waals surface area contributed by atoms with Gasteiger partial charge in [0.05, 0.1) is 0 Å². The first-order chi connectivity index (χ1) is 7.31. The minimum atomic E-state index is 0.173. The summed E-state index contributed by atoms with van der Waals surface area (Å²) in [5.74, 6) is 0.173. The summed E-state index contributed by atoms with van der Waals surface area (Å²) >= 11 is 1.85. The van der Waals surface area contributed by atoms with Gasteiger partial charge in [-0.15, -0.1) is 0 Å². The van der Waals surface area contributed by atoms with Gasteiger partial charge >= 0.3 is 0 Å². The summed E-state index contributed by atoms with van der Waals surface area (Å²) in [7, 11) is 0. The summed E-state index contributed by atoms with van der Waals surface area (Å²) in [6, 6.07) is 9.53. The minimum absolute atomic E-state index is 0.173. The van der Waals surface area contributed by atoms with Crippen LogP contribution >= 0.6 is 11.8 Å². The summed E-state index contributed by atoms with van der Waals surface area (Å²) in [6.07, 6.45) is 3.24. The highest BCUT2D eigenvalue weighted by Crippen LogP contribution is 2.21. The summed E-state index contributed by atoms with van der Waals surface area (Å²) in [6.45, 7) is 1.80. The van der Waals surface area contributed by atoms with E-state index >= 15 is 0 Å². The SMILES string of the molecule is CS[C@H]1CCN(C(=O)c2ccccc2)C1. The second-order valence-corrected chi connectivity index (χ2v) is 4.90. The number of carbonyl (C=O) groups is 1. The normalized spacial score (nSPS) is 20.6. The van der Waals surface area contributed by atoms with Crippen molar-refractivity contribution in [3.8, 4) is 0 Å². The number of thioether (sulfide) groups is 1. The molecule has 0 N–H and O–H groups in total. The van der Waals surface area contributed by atoms with E-state index in [9.17, 15) is 4.79 Å². The highest BCUT2D eigenvalue weighted by Gasteiger charge is 2.25. The molecule has 1 atom stereocenters. The van der Waals surface area contributed by atoms with Gasteiger partial charge in [-0.25, -0.2) is 0 Å². The molecule has 0 aliphatic carbocycles. The first kappa shape index (κ1) is 10.6. The van der Waals surface area contributed by atoms with E-state index in [1.807, 2.05) is 47.0 Å². The summed E-state index contributed by atoms with van der Waals surface area (Å²) in [5, 5.41) is 0.623. The minimum Gasteiger partial charge on any atom is -0.337 e. The van der Waals surface area contributed by atoms with Gasteiger partial charge in [0.2, 0.25) is 0 Å². The van der Waals surface area contributed by atoms with E-state index in [0.717, 1.165) is 25.1 Å². The highest BCUT2D eigenvalue weighted by atomic mass is 32.2. The van der Waals surface area contributed by atoms with Crippen molar-refractivity contribution in [3.63, 3.8) is 0 Å². The van der Waals surface area contributed by atoms with Crippen LogP contribution in [0.5, 0.6) is 0 Å². The van der Waals surface area contributed by atoms with Gasteiger partial charge in [-0.2, -0.15) is 11.8 Å². The molecule has 1 aromatic rings. The van der Waals surface area contributed by atoms with E-state index in [0.29, 0.717) is 5.25 Å². The molecule has 1 aromatic carbocycles. The lowest BCUT2D eigenvalue weighted by Gasteiger charge is -2.15. The van der Waals surface area contributed by atoms with Crippen LogP contribution in [0.4, 0.5) is 0 Å². The van der Waals surface area contributed by atoms with Gasteiger partial charge in [0.15, 0.2) is 0 Å². The van der Waals surface area contributed by atoms with Gasteiger partial charge in [0.1, 0.15) is 0 Å². The maximum atomic E-state index is 12.0. The Morgan fingerprint density at radius 2 is 2.13 bits per heavy atom. The number of amides is 1. The number of likely N-dealkylation sites (tertiary alicyclic amines) is 1. The molecule has 1 aliphatic rings. The van der Waals surface area contributed by atoms with Crippen molar-refractivity contribution in [2.45, 2.75) is 11.7 Å². The first-order valence-corrected chi connectivity index (χ1v) is 6.47. The van der Waals surface area contributed by atoms with Crippen molar-refractivity contribution in [2.75, 3.05) is 19.3 Å². The molecule has 3 heteroatoms. The standard InChI is InChI=1S/C12H15NOS/c1-15-11-7-8-13(9-11)12(14)10-5-3-2-4-6-10/h2-6,11H,7-9H2,1H3/t11-/m0/s1. The van der Waals surface area contributed by atoms with Gasteiger partial charge in [0.25, 0.3) is 5.91 Å². The lowest BCUT2D eigenvalue weighted by Crippen LogP contribution is -2.28. The molecule has 1 heterocycles. The van der Waals surface area contributed by atoms with Crippen LogP contribution < -0.4 is 0 Å². The fraction of sp³-hybridized carbons (Fsp3) is 0.417. The van der Waals surface area contributed by atoms with Crippen LogP contribution in [0.1, 0.15) is 16.8 Å². The molecular formula is C12H15NOS. The molecule has 1 saturated heterocycles. The number of carbonyl (C=O) groups excluding carboxylic acids is 1.